The molecule has 0 fully saturated rings. The second-order valence-electron chi connectivity index (χ2n) is 18.8. The number of rotatable bonds is 9. The average molecular weight is 931 g/mol. The van der Waals surface area contributed by atoms with Gasteiger partial charge < -0.3 is 13.9 Å². The Hall–Kier alpha value is -9.70. The number of anilines is 3. The van der Waals surface area contributed by atoms with E-state index in [0.717, 1.165) is 72.5 Å². The first-order valence-electron chi connectivity index (χ1n) is 25.0. The van der Waals surface area contributed by atoms with Crippen molar-refractivity contribution in [3.63, 3.8) is 0 Å². The number of benzene rings is 12. The molecule has 73 heavy (non-hydrogen) atoms. The van der Waals surface area contributed by atoms with Crippen LogP contribution in [0.5, 0.6) is 0 Å². The summed E-state index contributed by atoms with van der Waals surface area (Å²) in [5.41, 5.74) is 20.1. The van der Waals surface area contributed by atoms with Crippen molar-refractivity contribution < 1.29 is 4.42 Å². The fourth-order valence-electron chi connectivity index (χ4n) is 11.1. The zero-order valence-electron chi connectivity index (χ0n) is 39.9. The van der Waals surface area contributed by atoms with E-state index in [0.29, 0.717) is 0 Å². The SMILES string of the molecule is c1cc(-c2ccc(N(c3ccc(-c4ccc5ccccc5c4)cc3)c3ccc(-c4ccccc4-c4ccccc4-n4c5ccccc5c5ccccc54)cc3)cc2)cc(-c2cccc3c2oc2ccccc23)c1. The third-order valence-electron chi connectivity index (χ3n) is 14.6. The maximum Gasteiger partial charge on any atom is 0.143 e. The van der Waals surface area contributed by atoms with Gasteiger partial charge in [0.15, 0.2) is 0 Å². The molecule has 12 aromatic carbocycles. The van der Waals surface area contributed by atoms with E-state index in [1.54, 1.807) is 0 Å². The van der Waals surface area contributed by atoms with Crippen molar-refractivity contribution in [2.24, 2.45) is 0 Å². The maximum atomic E-state index is 6.46. The number of furan rings is 1. The first-order chi connectivity index (χ1) is 36.2. The Balaban J connectivity index is 0.838. The van der Waals surface area contributed by atoms with Gasteiger partial charge in [-0.15, -0.1) is 0 Å². The van der Waals surface area contributed by atoms with Gasteiger partial charge in [0.2, 0.25) is 0 Å². The van der Waals surface area contributed by atoms with Crippen LogP contribution in [0.4, 0.5) is 17.1 Å². The smallest absolute Gasteiger partial charge is 0.143 e. The summed E-state index contributed by atoms with van der Waals surface area (Å²) in [5.74, 6) is 0. The van der Waals surface area contributed by atoms with Gasteiger partial charge in [-0.2, -0.15) is 0 Å². The Morgan fingerprint density at radius 2 is 0.753 bits per heavy atom. The summed E-state index contributed by atoms with van der Waals surface area (Å²) in [5, 5.41) is 7.25. The van der Waals surface area contributed by atoms with Crippen molar-refractivity contribution in [3.05, 3.63) is 279 Å². The third-order valence-corrected chi connectivity index (χ3v) is 14.6. The predicted octanol–water partition coefficient (Wildman–Crippen LogP) is 19.6. The summed E-state index contributed by atoms with van der Waals surface area (Å²) in [6.07, 6.45) is 0. The van der Waals surface area contributed by atoms with Gasteiger partial charge in [0.05, 0.1) is 16.7 Å². The molecule has 0 radical (unpaired) electrons. The van der Waals surface area contributed by atoms with Crippen LogP contribution in [0.25, 0.3) is 116 Å². The molecule has 14 rings (SSSR count). The Kier molecular flexibility index (Phi) is 10.2. The predicted molar refractivity (Wildman–Crippen MR) is 307 cm³/mol. The van der Waals surface area contributed by atoms with Crippen LogP contribution in [0, 0.1) is 0 Å². The molecule has 2 heterocycles. The molecular formula is C70H46N2O. The van der Waals surface area contributed by atoms with Crippen LogP contribution in [-0.2, 0) is 0 Å². The molecule has 0 saturated carbocycles. The molecule has 0 amide bonds. The van der Waals surface area contributed by atoms with Crippen molar-refractivity contribution in [2.75, 3.05) is 4.90 Å². The molecule has 0 aliphatic heterocycles. The van der Waals surface area contributed by atoms with Crippen LogP contribution in [0.3, 0.4) is 0 Å². The minimum Gasteiger partial charge on any atom is -0.455 e. The topological polar surface area (TPSA) is 21.3 Å². The van der Waals surface area contributed by atoms with Crippen molar-refractivity contribution in [1.29, 1.82) is 0 Å². The van der Waals surface area contributed by atoms with Crippen molar-refractivity contribution in [3.8, 4) is 61.3 Å². The summed E-state index contributed by atoms with van der Waals surface area (Å²) in [6.45, 7) is 0. The number of nitrogens with zero attached hydrogens (tertiary/aromatic N) is 2. The molecule has 0 spiro atoms. The Morgan fingerprint density at radius 3 is 1.45 bits per heavy atom. The molecule has 0 unspecified atom stereocenters. The van der Waals surface area contributed by atoms with Crippen LogP contribution in [0.15, 0.2) is 283 Å². The van der Waals surface area contributed by atoms with Crippen LogP contribution in [0.2, 0.25) is 0 Å². The lowest BCUT2D eigenvalue weighted by Crippen LogP contribution is -2.09. The van der Waals surface area contributed by atoms with E-state index in [1.165, 1.54) is 60.4 Å². The lowest BCUT2D eigenvalue weighted by Gasteiger charge is -2.26. The molecular weight excluding hydrogens is 885 g/mol. The van der Waals surface area contributed by atoms with E-state index < -0.39 is 0 Å². The lowest BCUT2D eigenvalue weighted by molar-refractivity contribution is 0.670. The molecule has 0 atom stereocenters. The van der Waals surface area contributed by atoms with Gasteiger partial charge >= 0.3 is 0 Å². The zero-order chi connectivity index (χ0) is 48.2. The molecule has 0 saturated heterocycles. The third kappa shape index (κ3) is 7.37. The summed E-state index contributed by atoms with van der Waals surface area (Å²) in [6, 6.07) is 101. The monoisotopic (exact) mass is 930 g/mol. The summed E-state index contributed by atoms with van der Waals surface area (Å²) >= 11 is 0. The van der Waals surface area contributed by atoms with Gasteiger partial charge in [0.1, 0.15) is 11.2 Å². The quantitative estimate of drug-likeness (QED) is 0.144. The van der Waals surface area contributed by atoms with Crippen molar-refractivity contribution in [2.45, 2.75) is 0 Å². The van der Waals surface area contributed by atoms with Crippen LogP contribution in [-0.4, -0.2) is 4.57 Å². The van der Waals surface area contributed by atoms with Crippen molar-refractivity contribution >= 4 is 71.6 Å². The van der Waals surface area contributed by atoms with E-state index in [-0.39, 0.29) is 0 Å². The summed E-state index contributed by atoms with van der Waals surface area (Å²) in [4.78, 5) is 2.36. The highest BCUT2D eigenvalue weighted by Gasteiger charge is 2.19. The Bertz CT molecular complexity index is 4310. The normalized spacial score (nSPS) is 11.6. The fraction of sp³-hybridized carbons (Fsp3) is 0. The molecule has 0 aliphatic rings. The standard InChI is InChI=1S/C70H46N2O/c1-2-16-51-45-53(32-31-47(51)15-1)49-35-41-56(42-36-49)71(55-39-33-48(34-40-55)52-17-13-18-54(46-52)59-25-14-26-65-64-24-8-12-30-69(64)73-70(59)65)57-43-37-50(38-44-57)58-19-3-4-20-60(58)61-21-5-9-27-66(61)72-67-28-10-6-22-62(67)63-23-7-11-29-68(63)72/h1-46H. The van der Waals surface area contributed by atoms with Crippen LogP contribution >= 0.6 is 0 Å². The molecule has 0 aliphatic carbocycles. The van der Waals surface area contributed by atoms with Gasteiger partial charge in [-0.25, -0.2) is 0 Å². The first kappa shape index (κ1) is 42.2. The number of hydrogen-bond donors (Lipinski definition) is 0. The van der Waals surface area contributed by atoms with E-state index in [4.69, 9.17) is 4.42 Å². The van der Waals surface area contributed by atoms with Crippen LogP contribution < -0.4 is 4.90 Å². The molecule has 0 N–H and O–H groups in total. The number of aromatic nitrogens is 1. The maximum absolute atomic E-state index is 6.46. The highest BCUT2D eigenvalue weighted by molar-refractivity contribution is 6.11. The molecule has 0 bridgehead atoms. The minimum absolute atomic E-state index is 0.904. The lowest BCUT2D eigenvalue weighted by atomic mass is 9.93. The minimum atomic E-state index is 0.904. The second kappa shape index (κ2) is 17.6. The molecule has 14 aromatic rings. The largest absolute Gasteiger partial charge is 0.455 e. The Labute approximate surface area is 423 Å². The van der Waals surface area contributed by atoms with Gasteiger partial charge in [-0.05, 0) is 128 Å². The van der Waals surface area contributed by atoms with Crippen LogP contribution in [0.1, 0.15) is 0 Å². The van der Waals surface area contributed by atoms with E-state index in [9.17, 15) is 0 Å². The molecule has 3 nitrogen and oxygen atoms in total. The first-order valence-corrected chi connectivity index (χ1v) is 25.0. The van der Waals surface area contributed by atoms with Gasteiger partial charge in [0.25, 0.3) is 0 Å². The molecule has 2 aromatic heterocycles. The highest BCUT2D eigenvalue weighted by atomic mass is 16.3. The molecule has 342 valence electrons. The average Bonchev–Trinajstić information content (AvgIpc) is 4.02. The van der Waals surface area contributed by atoms with E-state index in [1.807, 2.05) is 12.1 Å². The number of para-hydroxylation sites is 5. The van der Waals surface area contributed by atoms with E-state index in [2.05, 4.69) is 276 Å². The zero-order valence-corrected chi connectivity index (χ0v) is 39.9. The highest BCUT2D eigenvalue weighted by Crippen LogP contribution is 2.43. The Morgan fingerprint density at radius 1 is 0.274 bits per heavy atom. The van der Waals surface area contributed by atoms with Gasteiger partial charge in [-0.1, -0.05) is 206 Å². The second-order valence-corrected chi connectivity index (χ2v) is 18.8. The summed E-state index contributed by atoms with van der Waals surface area (Å²) in [7, 11) is 0. The van der Waals surface area contributed by atoms with Gasteiger partial charge in [-0.3, -0.25) is 0 Å². The van der Waals surface area contributed by atoms with Crippen molar-refractivity contribution in [1.82, 2.24) is 4.57 Å². The molecule has 3 heteroatoms. The van der Waals surface area contributed by atoms with E-state index >= 15 is 0 Å². The van der Waals surface area contributed by atoms with Gasteiger partial charge in [0, 0.05) is 49.7 Å². The number of hydrogen-bond acceptors (Lipinski definition) is 2. The fourth-order valence-corrected chi connectivity index (χ4v) is 11.1. The summed E-state index contributed by atoms with van der Waals surface area (Å²) < 4.78 is 8.88. The number of fused-ring (bicyclic) bond motifs is 7.